The Kier molecular flexibility index (Phi) is 8.49. The van der Waals surface area contributed by atoms with Crippen LogP contribution in [-0.4, -0.2) is 37.3 Å². The molecule has 1 aromatic carbocycles. The molecule has 0 amide bonds. The Morgan fingerprint density at radius 3 is 2.19 bits per heavy atom. The van der Waals surface area contributed by atoms with Crippen LogP contribution in [0.15, 0.2) is 22.7 Å². The Balaban J connectivity index is 0.00000200. The lowest BCUT2D eigenvalue weighted by Gasteiger charge is -2.36. The highest BCUT2D eigenvalue weighted by atomic mass is 79.9. The second kappa shape index (κ2) is 8.53. The average Bonchev–Trinajstić information content (AvgIpc) is 2.32. The van der Waals surface area contributed by atoms with Crippen LogP contribution >= 0.6 is 40.7 Å². The number of nitrogens with one attached hydrogen (secondary N) is 1. The highest BCUT2D eigenvalue weighted by Gasteiger charge is 2.45. The molecule has 0 saturated carbocycles. The van der Waals surface area contributed by atoms with E-state index in [2.05, 4.69) is 21.2 Å². The normalized spacial score (nSPS) is 17.6. The first-order chi connectivity index (χ1) is 8.89. The zero-order valence-electron chi connectivity index (χ0n) is 10.8. The maximum atomic E-state index is 13.3. The molecule has 0 aromatic heterocycles. The number of hydrogen-bond donors (Lipinski definition) is 1. The minimum absolute atomic E-state index is 0. The van der Waals surface area contributed by atoms with Crippen LogP contribution in [0.25, 0.3) is 0 Å². The van der Waals surface area contributed by atoms with Crippen molar-refractivity contribution < 1.29 is 17.6 Å². The summed E-state index contributed by atoms with van der Waals surface area (Å²) in [6.45, 7) is 1.67. The van der Waals surface area contributed by atoms with Gasteiger partial charge in [0.1, 0.15) is 11.9 Å². The van der Waals surface area contributed by atoms with E-state index in [0.717, 1.165) is 12.1 Å². The third-order valence-corrected chi connectivity index (χ3v) is 3.77. The SMILES string of the molecule is Cl.Cl.Fc1ccc([C@H](N2CCNCC2)C(F)(F)F)c(Br)c1. The summed E-state index contributed by atoms with van der Waals surface area (Å²) in [5, 5.41) is 3.02. The maximum Gasteiger partial charge on any atom is 0.408 e. The predicted octanol–water partition coefficient (Wildman–Crippen LogP) is 3.94. The Bertz CT molecular complexity index is 453. The fourth-order valence-corrected chi connectivity index (χ4v) is 2.81. The maximum absolute atomic E-state index is 13.3. The lowest BCUT2D eigenvalue weighted by Crippen LogP contribution is -2.49. The molecule has 0 aliphatic carbocycles. The van der Waals surface area contributed by atoms with Crippen molar-refractivity contribution in [3.05, 3.63) is 34.1 Å². The second-order valence-electron chi connectivity index (χ2n) is 4.40. The van der Waals surface area contributed by atoms with E-state index in [1.54, 1.807) is 0 Å². The van der Waals surface area contributed by atoms with Gasteiger partial charge < -0.3 is 5.32 Å². The van der Waals surface area contributed by atoms with E-state index in [4.69, 9.17) is 0 Å². The van der Waals surface area contributed by atoms with Gasteiger partial charge in [0.15, 0.2) is 0 Å². The largest absolute Gasteiger partial charge is 0.408 e. The fraction of sp³-hybridized carbons (Fsp3) is 0.500. The van der Waals surface area contributed by atoms with Crippen LogP contribution in [-0.2, 0) is 0 Å². The van der Waals surface area contributed by atoms with Gasteiger partial charge in [0, 0.05) is 30.7 Å². The van der Waals surface area contributed by atoms with Crippen molar-refractivity contribution in [1.82, 2.24) is 10.2 Å². The minimum atomic E-state index is -4.39. The van der Waals surface area contributed by atoms with E-state index in [9.17, 15) is 17.6 Å². The van der Waals surface area contributed by atoms with Crippen molar-refractivity contribution in [2.45, 2.75) is 12.2 Å². The van der Waals surface area contributed by atoms with E-state index < -0.39 is 18.0 Å². The highest BCUT2D eigenvalue weighted by Crippen LogP contribution is 2.40. The number of alkyl halides is 3. The van der Waals surface area contributed by atoms with Gasteiger partial charge in [-0.05, 0) is 17.7 Å². The lowest BCUT2D eigenvalue weighted by molar-refractivity contribution is -0.188. The lowest BCUT2D eigenvalue weighted by atomic mass is 10.0. The van der Waals surface area contributed by atoms with Gasteiger partial charge in [-0.1, -0.05) is 22.0 Å². The summed E-state index contributed by atoms with van der Waals surface area (Å²) < 4.78 is 53.0. The van der Waals surface area contributed by atoms with Crippen molar-refractivity contribution >= 4 is 40.7 Å². The number of hydrogen-bond acceptors (Lipinski definition) is 2. The Morgan fingerprint density at radius 2 is 1.71 bits per heavy atom. The van der Waals surface area contributed by atoms with Crippen molar-refractivity contribution in [2.24, 2.45) is 0 Å². The van der Waals surface area contributed by atoms with Crippen LogP contribution < -0.4 is 5.32 Å². The molecule has 9 heteroatoms. The average molecular weight is 414 g/mol. The van der Waals surface area contributed by atoms with Crippen molar-refractivity contribution in [2.75, 3.05) is 26.2 Å². The van der Waals surface area contributed by atoms with Crippen molar-refractivity contribution in [3.63, 3.8) is 0 Å². The molecule has 0 spiro atoms. The standard InChI is InChI=1S/C12H13BrF4N2.2ClH/c13-10-7-8(14)1-2-9(10)11(12(15,16)17)19-5-3-18-4-6-19;;/h1-2,7,11,18H,3-6H2;2*1H/t11-;;/m0../s1. The van der Waals surface area contributed by atoms with Gasteiger partial charge in [0.05, 0.1) is 0 Å². The van der Waals surface area contributed by atoms with Crippen LogP contribution in [0.2, 0.25) is 0 Å². The highest BCUT2D eigenvalue weighted by molar-refractivity contribution is 9.10. The Hall–Kier alpha value is -0.0800. The molecule has 0 bridgehead atoms. The summed E-state index contributed by atoms with van der Waals surface area (Å²) in [7, 11) is 0. The van der Waals surface area contributed by atoms with E-state index in [1.165, 1.54) is 11.0 Å². The van der Waals surface area contributed by atoms with Crippen molar-refractivity contribution in [1.29, 1.82) is 0 Å². The topological polar surface area (TPSA) is 15.3 Å². The van der Waals surface area contributed by atoms with Crippen LogP contribution in [0.4, 0.5) is 17.6 Å². The zero-order valence-corrected chi connectivity index (χ0v) is 14.0. The van der Waals surface area contributed by atoms with Gasteiger partial charge in [0.25, 0.3) is 0 Å². The summed E-state index contributed by atoms with van der Waals surface area (Å²) in [5.74, 6) is -0.558. The van der Waals surface area contributed by atoms with E-state index >= 15 is 0 Å². The molecule has 2 rings (SSSR count). The molecule has 1 saturated heterocycles. The van der Waals surface area contributed by atoms with E-state index in [0.29, 0.717) is 26.2 Å². The van der Waals surface area contributed by atoms with E-state index in [-0.39, 0.29) is 34.9 Å². The summed E-state index contributed by atoms with van der Waals surface area (Å²) in [6.07, 6.45) is -4.39. The molecule has 1 aliphatic rings. The smallest absolute Gasteiger partial charge is 0.314 e. The number of rotatable bonds is 2. The van der Waals surface area contributed by atoms with Gasteiger partial charge in [-0.2, -0.15) is 13.2 Å². The molecule has 1 fully saturated rings. The first-order valence-electron chi connectivity index (χ1n) is 5.86. The third-order valence-electron chi connectivity index (χ3n) is 3.08. The van der Waals surface area contributed by atoms with Crippen LogP contribution in [0, 0.1) is 5.82 Å². The molecule has 0 unspecified atom stereocenters. The van der Waals surface area contributed by atoms with Crippen molar-refractivity contribution in [3.8, 4) is 0 Å². The molecule has 2 nitrogen and oxygen atoms in total. The molecule has 1 N–H and O–H groups in total. The molecule has 1 atom stereocenters. The van der Waals surface area contributed by atoms with Crippen LogP contribution in [0.1, 0.15) is 11.6 Å². The molecule has 1 aliphatic heterocycles. The summed E-state index contributed by atoms with van der Waals surface area (Å²) in [6, 6.07) is 1.61. The molecule has 1 aromatic rings. The van der Waals surface area contributed by atoms with E-state index in [1.807, 2.05) is 0 Å². The Labute approximate surface area is 141 Å². The number of nitrogens with zero attached hydrogens (tertiary/aromatic N) is 1. The summed E-state index contributed by atoms with van der Waals surface area (Å²) in [5.41, 5.74) is 0.0517. The molecule has 21 heavy (non-hydrogen) atoms. The van der Waals surface area contributed by atoms with Crippen LogP contribution in [0.3, 0.4) is 0 Å². The molecular formula is C12H15BrCl2F4N2. The number of halogens is 7. The minimum Gasteiger partial charge on any atom is -0.314 e. The summed E-state index contributed by atoms with van der Waals surface area (Å²) in [4.78, 5) is 1.37. The second-order valence-corrected chi connectivity index (χ2v) is 5.25. The molecule has 0 radical (unpaired) electrons. The third kappa shape index (κ3) is 5.25. The molecule has 1 heterocycles. The molecular weight excluding hydrogens is 399 g/mol. The van der Waals surface area contributed by atoms with Gasteiger partial charge in [-0.3, -0.25) is 4.90 Å². The fourth-order valence-electron chi connectivity index (χ4n) is 2.24. The number of benzene rings is 1. The van der Waals surface area contributed by atoms with Gasteiger partial charge in [0.2, 0.25) is 0 Å². The zero-order chi connectivity index (χ0) is 14.0. The molecule has 122 valence electrons. The summed E-state index contributed by atoms with van der Waals surface area (Å²) >= 11 is 3.02. The van der Waals surface area contributed by atoms with Crippen LogP contribution in [0.5, 0.6) is 0 Å². The first kappa shape index (κ1) is 20.9. The Morgan fingerprint density at radius 1 is 1.14 bits per heavy atom. The van der Waals surface area contributed by atoms with Gasteiger partial charge in [-0.25, -0.2) is 4.39 Å². The monoisotopic (exact) mass is 412 g/mol. The van der Waals surface area contributed by atoms with Gasteiger partial charge >= 0.3 is 6.18 Å². The number of piperazine rings is 1. The quantitative estimate of drug-likeness (QED) is 0.738. The predicted molar refractivity (Wildman–Crippen MR) is 81.8 cm³/mol. The first-order valence-corrected chi connectivity index (χ1v) is 6.65. The van der Waals surface area contributed by atoms with Gasteiger partial charge in [-0.15, -0.1) is 24.8 Å².